The molecule has 3 rings (SSSR count). The van der Waals surface area contributed by atoms with Gasteiger partial charge in [-0.25, -0.2) is 0 Å². The van der Waals surface area contributed by atoms with Gasteiger partial charge in [0, 0.05) is 36.7 Å². The third-order valence-corrected chi connectivity index (χ3v) is 5.48. The van der Waals surface area contributed by atoms with Crippen LogP contribution in [0.15, 0.2) is 10.7 Å². The number of aryl methyl sites for hydroxylation is 2. The second kappa shape index (κ2) is 7.65. The lowest BCUT2D eigenvalue weighted by Gasteiger charge is -2.08. The van der Waals surface area contributed by atoms with E-state index >= 15 is 0 Å². The monoisotopic (exact) mass is 447 g/mol. The third kappa shape index (κ3) is 4.36. The molecule has 0 saturated heterocycles. The number of nitrogens with zero attached hydrogens (tertiary/aromatic N) is 4. The maximum Gasteiger partial charge on any atom is 0.436 e. The van der Waals surface area contributed by atoms with E-state index in [1.54, 1.807) is 6.20 Å². The van der Waals surface area contributed by atoms with Crippen LogP contribution in [0.25, 0.3) is 0 Å². The highest BCUT2D eigenvalue weighted by atomic mass is 79.9. The molecule has 0 bridgehead atoms. The van der Waals surface area contributed by atoms with Crippen molar-refractivity contribution in [2.24, 2.45) is 0 Å². The summed E-state index contributed by atoms with van der Waals surface area (Å²) in [5.74, 6) is -0.158. The second-order valence-corrected chi connectivity index (χ2v) is 7.43. The van der Waals surface area contributed by atoms with E-state index in [-0.39, 0.29) is 29.3 Å². The van der Waals surface area contributed by atoms with Gasteiger partial charge in [-0.2, -0.15) is 23.4 Å². The van der Waals surface area contributed by atoms with Crippen LogP contribution in [0.2, 0.25) is 0 Å². The summed E-state index contributed by atoms with van der Waals surface area (Å²) < 4.78 is 42.5. The lowest BCUT2D eigenvalue weighted by molar-refractivity contribution is -0.142. The van der Waals surface area contributed by atoms with E-state index in [0.717, 1.165) is 30.6 Å². The van der Waals surface area contributed by atoms with Crippen molar-refractivity contribution in [1.29, 1.82) is 0 Å². The van der Waals surface area contributed by atoms with Crippen LogP contribution >= 0.6 is 15.9 Å². The summed E-state index contributed by atoms with van der Waals surface area (Å²) in [6.45, 7) is 5.12. The Labute approximate surface area is 163 Å². The average molecular weight is 448 g/mol. The van der Waals surface area contributed by atoms with Crippen LogP contribution in [0.3, 0.4) is 0 Å². The van der Waals surface area contributed by atoms with Crippen LogP contribution in [0, 0.1) is 6.92 Å². The molecule has 0 aromatic carbocycles. The Balaban J connectivity index is 1.62. The van der Waals surface area contributed by atoms with E-state index in [4.69, 9.17) is 0 Å². The maximum atomic E-state index is 13.1. The number of hydrogen-bond acceptors (Lipinski definition) is 3. The Morgan fingerprint density at radius 2 is 2.07 bits per heavy atom. The number of hydrogen-bond donors (Lipinski definition) is 1. The van der Waals surface area contributed by atoms with Crippen molar-refractivity contribution in [2.45, 2.75) is 64.8 Å². The number of amides is 1. The van der Waals surface area contributed by atoms with Crippen LogP contribution in [-0.4, -0.2) is 25.5 Å². The number of carbonyl (C=O) groups excluding carboxylic acids is 1. The lowest BCUT2D eigenvalue weighted by atomic mass is 10.2. The van der Waals surface area contributed by atoms with Crippen LogP contribution in [0.5, 0.6) is 0 Å². The molecule has 0 radical (unpaired) electrons. The first-order valence-corrected chi connectivity index (χ1v) is 9.63. The van der Waals surface area contributed by atoms with Gasteiger partial charge in [0.1, 0.15) is 0 Å². The molecule has 0 unspecified atom stereocenters. The summed E-state index contributed by atoms with van der Waals surface area (Å²) in [4.78, 5) is 12.1. The quantitative estimate of drug-likeness (QED) is 0.702. The summed E-state index contributed by atoms with van der Waals surface area (Å²) in [5, 5.41) is 10.7. The SMILES string of the molecule is CCn1ncc(CNC(=O)CCn2nc(C(F)(F)F)c(Br)c2C2CC2)c1C. The Bertz CT molecular complexity index is 838. The molecule has 2 heterocycles. The molecule has 27 heavy (non-hydrogen) atoms. The van der Waals surface area contributed by atoms with E-state index in [9.17, 15) is 18.0 Å². The molecule has 148 valence electrons. The summed E-state index contributed by atoms with van der Waals surface area (Å²) >= 11 is 3.05. The van der Waals surface area contributed by atoms with Crippen LogP contribution < -0.4 is 5.32 Å². The molecule has 1 saturated carbocycles. The van der Waals surface area contributed by atoms with Gasteiger partial charge >= 0.3 is 6.18 Å². The second-order valence-electron chi connectivity index (χ2n) is 6.64. The first-order chi connectivity index (χ1) is 12.7. The fraction of sp³-hybridized carbons (Fsp3) is 0.588. The molecule has 0 atom stereocenters. The van der Waals surface area contributed by atoms with Gasteiger partial charge in [0.2, 0.25) is 5.91 Å². The highest BCUT2D eigenvalue weighted by molar-refractivity contribution is 9.10. The van der Waals surface area contributed by atoms with E-state index in [1.165, 1.54) is 4.68 Å². The molecule has 2 aromatic heterocycles. The Morgan fingerprint density at radius 3 is 2.63 bits per heavy atom. The zero-order chi connectivity index (χ0) is 19.8. The van der Waals surface area contributed by atoms with Crippen molar-refractivity contribution in [3.8, 4) is 0 Å². The topological polar surface area (TPSA) is 64.7 Å². The van der Waals surface area contributed by atoms with Crippen molar-refractivity contribution in [3.05, 3.63) is 33.3 Å². The predicted octanol–water partition coefficient (Wildman–Crippen LogP) is 3.77. The minimum absolute atomic E-state index is 0.000475. The van der Waals surface area contributed by atoms with Crippen molar-refractivity contribution in [1.82, 2.24) is 24.9 Å². The molecule has 1 aliphatic carbocycles. The Morgan fingerprint density at radius 1 is 1.37 bits per heavy atom. The number of aromatic nitrogens is 4. The van der Waals surface area contributed by atoms with Crippen LogP contribution in [-0.2, 0) is 30.6 Å². The highest BCUT2D eigenvalue weighted by Gasteiger charge is 2.41. The number of carbonyl (C=O) groups is 1. The molecule has 2 aromatic rings. The van der Waals surface area contributed by atoms with Crippen LogP contribution in [0.1, 0.15) is 54.7 Å². The highest BCUT2D eigenvalue weighted by Crippen LogP contribution is 2.46. The van der Waals surface area contributed by atoms with Gasteiger partial charge in [-0.3, -0.25) is 14.2 Å². The summed E-state index contributed by atoms with van der Waals surface area (Å²) in [6.07, 6.45) is -1.06. The standard InChI is InChI=1S/C17H21BrF3N5O/c1-3-25-10(2)12(9-23-25)8-22-13(27)6-7-26-15(11-4-5-11)14(18)16(24-26)17(19,20)21/h9,11H,3-8H2,1-2H3,(H,22,27). The normalized spacial score (nSPS) is 14.6. The average Bonchev–Trinajstić information content (AvgIpc) is 3.28. The largest absolute Gasteiger partial charge is 0.436 e. The Kier molecular flexibility index (Phi) is 5.64. The predicted molar refractivity (Wildman–Crippen MR) is 96.0 cm³/mol. The molecule has 1 amide bonds. The minimum atomic E-state index is -4.52. The van der Waals surface area contributed by atoms with Gasteiger partial charge < -0.3 is 5.32 Å². The molecule has 10 heteroatoms. The fourth-order valence-electron chi connectivity index (χ4n) is 3.02. The summed E-state index contributed by atoms with van der Waals surface area (Å²) in [5.41, 5.74) is 1.52. The molecular weight excluding hydrogens is 427 g/mol. The molecule has 0 aliphatic heterocycles. The van der Waals surface area contributed by atoms with Crippen molar-refractivity contribution < 1.29 is 18.0 Å². The first kappa shape index (κ1) is 19.9. The lowest BCUT2D eigenvalue weighted by Crippen LogP contribution is -2.24. The van der Waals surface area contributed by atoms with Gasteiger partial charge in [-0.05, 0) is 42.6 Å². The van der Waals surface area contributed by atoms with Gasteiger partial charge in [-0.15, -0.1) is 0 Å². The molecule has 6 nitrogen and oxygen atoms in total. The molecule has 0 spiro atoms. The smallest absolute Gasteiger partial charge is 0.352 e. The Hall–Kier alpha value is -1.84. The number of alkyl halides is 3. The summed E-state index contributed by atoms with van der Waals surface area (Å²) in [6, 6.07) is 0. The van der Waals surface area contributed by atoms with Gasteiger partial charge in [-0.1, -0.05) is 0 Å². The van der Waals surface area contributed by atoms with Crippen LogP contribution in [0.4, 0.5) is 13.2 Å². The van der Waals surface area contributed by atoms with Crippen molar-refractivity contribution in [3.63, 3.8) is 0 Å². The first-order valence-electron chi connectivity index (χ1n) is 8.83. The van der Waals surface area contributed by atoms with Gasteiger partial charge in [0.15, 0.2) is 5.69 Å². The van der Waals surface area contributed by atoms with Crippen molar-refractivity contribution in [2.75, 3.05) is 0 Å². The van der Waals surface area contributed by atoms with Gasteiger partial charge in [0.25, 0.3) is 0 Å². The van der Waals surface area contributed by atoms with E-state index < -0.39 is 11.9 Å². The number of rotatable bonds is 7. The number of nitrogens with one attached hydrogen (secondary N) is 1. The molecule has 1 aliphatic rings. The zero-order valence-corrected chi connectivity index (χ0v) is 16.7. The zero-order valence-electron chi connectivity index (χ0n) is 15.1. The summed E-state index contributed by atoms with van der Waals surface area (Å²) in [7, 11) is 0. The maximum absolute atomic E-state index is 13.1. The molecule has 1 N–H and O–H groups in total. The van der Waals surface area contributed by atoms with E-state index in [0.29, 0.717) is 12.2 Å². The van der Waals surface area contributed by atoms with E-state index in [2.05, 4.69) is 31.4 Å². The van der Waals surface area contributed by atoms with Gasteiger partial charge in [0.05, 0.1) is 22.9 Å². The third-order valence-electron chi connectivity index (χ3n) is 4.70. The minimum Gasteiger partial charge on any atom is -0.352 e. The van der Waals surface area contributed by atoms with Crippen molar-refractivity contribution >= 4 is 21.8 Å². The number of halogens is 4. The molecular formula is C17H21BrF3N5O. The van der Waals surface area contributed by atoms with E-state index in [1.807, 2.05) is 18.5 Å². The fourth-order valence-corrected chi connectivity index (χ4v) is 3.85. The molecule has 1 fully saturated rings.